The molecule has 6 nitrogen and oxygen atoms in total. The van der Waals surface area contributed by atoms with Crippen molar-refractivity contribution in [3.05, 3.63) is 30.1 Å². The molecule has 1 amide bonds. The van der Waals surface area contributed by atoms with Crippen LogP contribution < -0.4 is 4.74 Å². The van der Waals surface area contributed by atoms with Crippen LogP contribution in [0.15, 0.2) is 24.3 Å². The topological polar surface area (TPSA) is 71.1 Å². The summed E-state index contributed by atoms with van der Waals surface area (Å²) in [6, 6.07) is 5.66. The number of likely N-dealkylation sites (tertiary alicyclic amines) is 1. The van der Waals surface area contributed by atoms with Gasteiger partial charge in [-0.3, -0.25) is 9.89 Å². The van der Waals surface area contributed by atoms with Gasteiger partial charge in [0.2, 0.25) is 6.41 Å². The Morgan fingerprint density at radius 2 is 2.12 bits per heavy atom. The van der Waals surface area contributed by atoms with Gasteiger partial charge in [-0.15, -0.1) is 13.2 Å². The Morgan fingerprint density at radius 3 is 2.83 bits per heavy atom. The molecule has 0 radical (unpaired) electrons. The number of alkyl halides is 3. The van der Waals surface area contributed by atoms with Crippen molar-refractivity contribution in [1.29, 1.82) is 0 Å². The van der Waals surface area contributed by atoms with Crippen molar-refractivity contribution in [3.8, 4) is 17.1 Å². The number of rotatable bonds is 4. The number of H-pyrrole nitrogens is 1. The predicted octanol–water partition coefficient (Wildman–Crippen LogP) is 2.84. The van der Waals surface area contributed by atoms with Gasteiger partial charge in [-0.2, -0.15) is 5.10 Å². The maximum absolute atomic E-state index is 12.5. The Kier molecular flexibility index (Phi) is 3.94. The van der Waals surface area contributed by atoms with Crippen molar-refractivity contribution in [3.63, 3.8) is 0 Å². The van der Waals surface area contributed by atoms with Gasteiger partial charge in [0.15, 0.2) is 11.6 Å². The van der Waals surface area contributed by atoms with Crippen molar-refractivity contribution in [2.24, 2.45) is 0 Å². The van der Waals surface area contributed by atoms with Crippen LogP contribution >= 0.6 is 0 Å². The van der Waals surface area contributed by atoms with E-state index in [1.54, 1.807) is 11.0 Å². The van der Waals surface area contributed by atoms with Gasteiger partial charge in [0, 0.05) is 6.54 Å². The van der Waals surface area contributed by atoms with Crippen LogP contribution in [-0.2, 0) is 10.3 Å². The standard InChI is InChI=1S/C15H15F3N4O2/c1-14(7-4-8-22(14)9-23)13-19-12(20-21-13)10-5-2-3-6-11(10)24-15(16,17)18/h2-3,5-6,9H,4,7-8H2,1H3,(H,19,20,21)/t14-/m0/s1. The van der Waals surface area contributed by atoms with E-state index in [2.05, 4.69) is 19.9 Å². The number of halogens is 3. The first kappa shape index (κ1) is 16.3. The molecule has 2 aromatic rings. The van der Waals surface area contributed by atoms with Crippen LogP contribution in [-0.4, -0.2) is 39.4 Å². The molecule has 0 unspecified atom stereocenters. The largest absolute Gasteiger partial charge is 0.573 e. The van der Waals surface area contributed by atoms with E-state index in [1.807, 2.05) is 6.92 Å². The highest BCUT2D eigenvalue weighted by Gasteiger charge is 2.40. The summed E-state index contributed by atoms with van der Waals surface area (Å²) in [5.41, 5.74) is -0.524. The van der Waals surface area contributed by atoms with Crippen LogP contribution in [0, 0.1) is 0 Å². The Labute approximate surface area is 135 Å². The van der Waals surface area contributed by atoms with Gasteiger partial charge in [0.05, 0.1) is 11.1 Å². The monoisotopic (exact) mass is 340 g/mol. The molecule has 24 heavy (non-hydrogen) atoms. The number of hydrogen-bond acceptors (Lipinski definition) is 4. The zero-order valence-electron chi connectivity index (χ0n) is 12.8. The lowest BCUT2D eigenvalue weighted by atomic mass is 9.98. The summed E-state index contributed by atoms with van der Waals surface area (Å²) in [6.45, 7) is 2.45. The molecule has 1 aromatic carbocycles. The first-order valence-electron chi connectivity index (χ1n) is 7.33. The number of para-hydroxylation sites is 1. The van der Waals surface area contributed by atoms with Crippen molar-refractivity contribution >= 4 is 6.41 Å². The molecule has 9 heteroatoms. The van der Waals surface area contributed by atoms with Crippen LogP contribution in [0.4, 0.5) is 13.2 Å². The van der Waals surface area contributed by atoms with Crippen LogP contribution in [0.25, 0.3) is 11.4 Å². The third-order valence-corrected chi connectivity index (χ3v) is 4.17. The van der Waals surface area contributed by atoms with E-state index in [9.17, 15) is 18.0 Å². The number of carbonyl (C=O) groups excluding carboxylic acids is 1. The quantitative estimate of drug-likeness (QED) is 0.869. The van der Waals surface area contributed by atoms with Gasteiger partial charge in [-0.25, -0.2) is 4.98 Å². The minimum Gasteiger partial charge on any atom is -0.405 e. The Hall–Kier alpha value is -2.58. The smallest absolute Gasteiger partial charge is 0.405 e. The van der Waals surface area contributed by atoms with Crippen LogP contribution in [0.1, 0.15) is 25.6 Å². The molecule has 1 saturated heterocycles. The molecule has 0 saturated carbocycles. The molecular weight excluding hydrogens is 325 g/mol. The number of carbonyl (C=O) groups is 1. The number of nitrogens with one attached hydrogen (secondary N) is 1. The molecule has 0 bridgehead atoms. The number of aromatic nitrogens is 3. The van der Waals surface area contributed by atoms with Gasteiger partial charge < -0.3 is 9.64 Å². The summed E-state index contributed by atoms with van der Waals surface area (Å²) in [5, 5.41) is 6.75. The minimum absolute atomic E-state index is 0.0869. The van der Waals surface area contributed by atoms with Gasteiger partial charge in [-0.05, 0) is 31.9 Å². The molecule has 128 valence electrons. The molecular formula is C15H15F3N4O2. The molecule has 0 spiro atoms. The molecule has 1 aliphatic rings. The average molecular weight is 340 g/mol. The van der Waals surface area contributed by atoms with Crippen molar-refractivity contribution in [2.75, 3.05) is 6.54 Å². The third-order valence-electron chi connectivity index (χ3n) is 4.17. The second-order valence-electron chi connectivity index (χ2n) is 5.73. The number of aromatic amines is 1. The van der Waals surface area contributed by atoms with E-state index in [0.717, 1.165) is 12.8 Å². The second kappa shape index (κ2) is 5.81. The number of ether oxygens (including phenoxy) is 1. The van der Waals surface area contributed by atoms with Crippen molar-refractivity contribution < 1.29 is 22.7 Å². The van der Waals surface area contributed by atoms with Gasteiger partial charge >= 0.3 is 6.36 Å². The summed E-state index contributed by atoms with van der Waals surface area (Å²) in [5.74, 6) is 0.145. The Morgan fingerprint density at radius 1 is 1.38 bits per heavy atom. The molecule has 1 aromatic heterocycles. The first-order chi connectivity index (χ1) is 11.3. The minimum atomic E-state index is -4.80. The zero-order chi connectivity index (χ0) is 17.4. The van der Waals surface area contributed by atoms with E-state index in [-0.39, 0.29) is 17.1 Å². The van der Waals surface area contributed by atoms with Crippen LogP contribution in [0.5, 0.6) is 5.75 Å². The van der Waals surface area contributed by atoms with E-state index in [4.69, 9.17) is 0 Å². The fourth-order valence-electron chi connectivity index (χ4n) is 2.90. The fourth-order valence-corrected chi connectivity index (χ4v) is 2.90. The first-order valence-corrected chi connectivity index (χ1v) is 7.33. The Balaban J connectivity index is 1.96. The zero-order valence-corrected chi connectivity index (χ0v) is 12.8. The summed E-state index contributed by atoms with van der Waals surface area (Å²) in [4.78, 5) is 17.1. The fraction of sp³-hybridized carbons (Fsp3) is 0.400. The lowest BCUT2D eigenvalue weighted by Gasteiger charge is -2.29. The van der Waals surface area contributed by atoms with E-state index < -0.39 is 11.9 Å². The highest BCUT2D eigenvalue weighted by molar-refractivity contribution is 5.64. The lowest BCUT2D eigenvalue weighted by molar-refractivity contribution is -0.274. The second-order valence-corrected chi connectivity index (χ2v) is 5.73. The number of hydrogen-bond donors (Lipinski definition) is 1. The number of benzene rings is 1. The molecule has 1 aliphatic heterocycles. The van der Waals surface area contributed by atoms with Crippen LogP contribution in [0.2, 0.25) is 0 Å². The van der Waals surface area contributed by atoms with Gasteiger partial charge in [0.1, 0.15) is 5.75 Å². The van der Waals surface area contributed by atoms with Crippen LogP contribution in [0.3, 0.4) is 0 Å². The van der Waals surface area contributed by atoms with E-state index >= 15 is 0 Å². The van der Waals surface area contributed by atoms with Crippen molar-refractivity contribution in [1.82, 2.24) is 20.1 Å². The van der Waals surface area contributed by atoms with E-state index in [0.29, 0.717) is 18.8 Å². The highest BCUT2D eigenvalue weighted by Crippen LogP contribution is 2.37. The molecule has 1 atom stereocenters. The maximum atomic E-state index is 12.5. The molecule has 2 heterocycles. The summed E-state index contributed by atoms with van der Waals surface area (Å²) < 4.78 is 41.6. The summed E-state index contributed by atoms with van der Waals surface area (Å²) in [7, 11) is 0. The molecule has 1 fully saturated rings. The van der Waals surface area contributed by atoms with E-state index in [1.165, 1.54) is 18.2 Å². The Bertz CT molecular complexity index is 746. The molecule has 0 aliphatic carbocycles. The number of amides is 1. The van der Waals surface area contributed by atoms with Gasteiger partial charge in [0.25, 0.3) is 0 Å². The number of nitrogens with zero attached hydrogens (tertiary/aromatic N) is 3. The lowest BCUT2D eigenvalue weighted by Crippen LogP contribution is -2.38. The summed E-state index contributed by atoms with van der Waals surface area (Å²) in [6.07, 6.45) is -2.54. The maximum Gasteiger partial charge on any atom is 0.573 e. The highest BCUT2D eigenvalue weighted by atomic mass is 19.4. The SMILES string of the molecule is C[C@@]1(c2nc(-c3ccccc3OC(F)(F)F)n[nH]2)CCCN1C=O. The molecule has 3 rings (SSSR count). The third kappa shape index (κ3) is 2.93. The average Bonchev–Trinajstić information content (AvgIpc) is 3.13. The normalized spacial score (nSPS) is 21.1. The van der Waals surface area contributed by atoms with Gasteiger partial charge in [-0.1, -0.05) is 12.1 Å². The summed E-state index contributed by atoms with van der Waals surface area (Å²) >= 11 is 0. The predicted molar refractivity (Wildman–Crippen MR) is 77.9 cm³/mol. The van der Waals surface area contributed by atoms with Crippen molar-refractivity contribution in [2.45, 2.75) is 31.7 Å². The molecule has 1 N–H and O–H groups in total.